The fourth-order valence-electron chi connectivity index (χ4n) is 1.28. The van der Waals surface area contributed by atoms with Crippen LogP contribution in [0.1, 0.15) is 5.56 Å². The molecular weight excluding hydrogens is 222 g/mol. The van der Waals surface area contributed by atoms with E-state index in [0.29, 0.717) is 6.61 Å². The van der Waals surface area contributed by atoms with E-state index in [1.54, 1.807) is 0 Å². The van der Waals surface area contributed by atoms with Gasteiger partial charge in [-0.3, -0.25) is 0 Å². The highest BCUT2D eigenvalue weighted by Gasteiger charge is 2.16. The highest BCUT2D eigenvalue weighted by Crippen LogP contribution is 2.04. The van der Waals surface area contributed by atoms with Gasteiger partial charge in [-0.05, 0) is 11.1 Å². The first-order chi connectivity index (χ1) is 8.27. The van der Waals surface area contributed by atoms with E-state index in [1.807, 2.05) is 30.3 Å². The number of hydrogen-bond acceptors (Lipinski definition) is 4. The summed E-state index contributed by atoms with van der Waals surface area (Å²) in [5, 5.41) is 21.7. The second kappa shape index (κ2) is 7.65. The first-order valence-electron chi connectivity index (χ1n) is 5.22. The van der Waals surface area contributed by atoms with E-state index >= 15 is 0 Å². The van der Waals surface area contributed by atoms with E-state index in [4.69, 9.17) is 15.4 Å². The van der Waals surface area contributed by atoms with Crippen LogP contribution in [0.3, 0.4) is 0 Å². The van der Waals surface area contributed by atoms with Gasteiger partial charge in [0.1, 0.15) is 0 Å². The van der Waals surface area contributed by atoms with Crippen LogP contribution in [-0.2, 0) is 11.3 Å². The second-order valence-electron chi connectivity index (χ2n) is 3.52. The molecule has 0 aromatic heterocycles. The van der Waals surface area contributed by atoms with Crippen LogP contribution in [0.2, 0.25) is 0 Å². The van der Waals surface area contributed by atoms with Crippen LogP contribution >= 0.6 is 0 Å². The van der Waals surface area contributed by atoms with Gasteiger partial charge in [0.25, 0.3) is 0 Å². The molecule has 0 radical (unpaired) electrons. The molecule has 1 aromatic carbocycles. The Balaban J connectivity index is 2.33. The molecule has 0 aliphatic carbocycles. The first kappa shape index (κ1) is 13.5. The number of aliphatic hydroxyl groups excluding tert-OH is 2. The largest absolute Gasteiger partial charge is 0.396 e. The van der Waals surface area contributed by atoms with Crippen LogP contribution in [0, 0.1) is 0 Å². The molecule has 92 valence electrons. The summed E-state index contributed by atoms with van der Waals surface area (Å²) in [6.45, 7) is -0.0224. The predicted molar refractivity (Wildman–Crippen MR) is 62.1 cm³/mol. The number of hydrogen-bond donors (Lipinski definition) is 2. The third kappa shape index (κ3) is 4.84. The molecule has 0 saturated heterocycles. The van der Waals surface area contributed by atoms with Crippen LogP contribution in [-0.4, -0.2) is 35.6 Å². The molecule has 1 rings (SSSR count). The van der Waals surface area contributed by atoms with Crippen molar-refractivity contribution in [2.75, 3.05) is 13.2 Å². The second-order valence-corrected chi connectivity index (χ2v) is 3.52. The van der Waals surface area contributed by atoms with Gasteiger partial charge in [-0.2, -0.15) is 0 Å². The topological polar surface area (TPSA) is 98.5 Å². The summed E-state index contributed by atoms with van der Waals surface area (Å²) in [7, 11) is 0. The third-order valence-electron chi connectivity index (χ3n) is 2.23. The molecule has 6 nitrogen and oxygen atoms in total. The molecule has 0 heterocycles. The van der Waals surface area contributed by atoms with Crippen LogP contribution in [0.25, 0.3) is 10.4 Å². The van der Waals surface area contributed by atoms with Crippen molar-refractivity contribution in [1.82, 2.24) is 0 Å². The van der Waals surface area contributed by atoms with Gasteiger partial charge in [-0.15, -0.1) is 0 Å². The lowest BCUT2D eigenvalue weighted by molar-refractivity contribution is 0.00626. The summed E-state index contributed by atoms with van der Waals surface area (Å²) in [6, 6.07) is 8.64. The number of benzene rings is 1. The Morgan fingerprint density at radius 3 is 2.65 bits per heavy atom. The van der Waals surface area contributed by atoms with Crippen LogP contribution in [0.5, 0.6) is 0 Å². The average molecular weight is 237 g/mol. The number of rotatable bonds is 7. The quantitative estimate of drug-likeness (QED) is 0.424. The molecule has 0 amide bonds. The summed E-state index contributed by atoms with van der Waals surface area (Å²) in [6.07, 6.45) is -1.00. The molecule has 0 unspecified atom stereocenters. The van der Waals surface area contributed by atoms with Crippen molar-refractivity contribution >= 4 is 0 Å². The van der Waals surface area contributed by atoms with Gasteiger partial charge in [0.2, 0.25) is 0 Å². The zero-order valence-corrected chi connectivity index (χ0v) is 9.31. The lowest BCUT2D eigenvalue weighted by atomic mass is 10.2. The van der Waals surface area contributed by atoms with Crippen molar-refractivity contribution in [1.29, 1.82) is 0 Å². The molecule has 1 aromatic rings. The molecule has 17 heavy (non-hydrogen) atoms. The van der Waals surface area contributed by atoms with E-state index < -0.39 is 18.8 Å². The maximum Gasteiger partial charge on any atom is 0.0886 e. The SMILES string of the molecule is [N-]=[N+]=N[C@H](CO)[C@@H](O)COCc1ccccc1. The van der Waals surface area contributed by atoms with Crippen molar-refractivity contribution in [3.8, 4) is 0 Å². The molecule has 2 atom stereocenters. The van der Waals surface area contributed by atoms with Gasteiger partial charge < -0.3 is 14.9 Å². The number of azide groups is 1. The highest BCUT2D eigenvalue weighted by atomic mass is 16.5. The van der Waals surface area contributed by atoms with E-state index in [0.717, 1.165) is 5.56 Å². The minimum Gasteiger partial charge on any atom is -0.396 e. The Kier molecular flexibility index (Phi) is 6.06. The fourth-order valence-corrected chi connectivity index (χ4v) is 1.28. The number of nitrogens with zero attached hydrogens (tertiary/aromatic N) is 3. The van der Waals surface area contributed by atoms with Crippen LogP contribution in [0.4, 0.5) is 0 Å². The molecule has 0 bridgehead atoms. The Hall–Kier alpha value is -1.59. The molecule has 0 aliphatic rings. The standard InChI is InChI=1S/C11H15N3O3/c12-14-13-10(6-15)11(16)8-17-7-9-4-2-1-3-5-9/h1-5,10-11,15-16H,6-8H2/t10-,11+/m1/s1. The van der Waals surface area contributed by atoms with E-state index in [-0.39, 0.29) is 6.61 Å². The molecule has 0 spiro atoms. The average Bonchev–Trinajstić information content (AvgIpc) is 2.37. The monoisotopic (exact) mass is 237 g/mol. The highest BCUT2D eigenvalue weighted by molar-refractivity contribution is 5.13. The Labute approximate surface area is 99.1 Å². The Morgan fingerprint density at radius 1 is 1.35 bits per heavy atom. The van der Waals surface area contributed by atoms with E-state index in [9.17, 15) is 5.11 Å². The molecule has 6 heteroatoms. The minimum absolute atomic E-state index is 0.0130. The molecule has 0 aliphatic heterocycles. The lowest BCUT2D eigenvalue weighted by Gasteiger charge is -2.16. The third-order valence-corrected chi connectivity index (χ3v) is 2.23. The molecular formula is C11H15N3O3. The van der Waals surface area contributed by atoms with Crippen molar-refractivity contribution in [2.24, 2.45) is 5.11 Å². The van der Waals surface area contributed by atoms with E-state index in [1.165, 1.54) is 0 Å². The van der Waals surface area contributed by atoms with Crippen molar-refractivity contribution in [3.63, 3.8) is 0 Å². The van der Waals surface area contributed by atoms with Crippen molar-refractivity contribution < 1.29 is 14.9 Å². The lowest BCUT2D eigenvalue weighted by Crippen LogP contribution is -2.31. The van der Waals surface area contributed by atoms with Crippen molar-refractivity contribution in [2.45, 2.75) is 18.8 Å². The summed E-state index contributed by atoms with van der Waals surface area (Å²) in [4.78, 5) is 2.54. The maximum absolute atomic E-state index is 9.57. The maximum atomic E-state index is 9.57. The van der Waals surface area contributed by atoms with Crippen LogP contribution in [0.15, 0.2) is 35.4 Å². The predicted octanol–water partition coefficient (Wildman–Crippen LogP) is 1.24. The molecule has 0 saturated carbocycles. The summed E-state index contributed by atoms with van der Waals surface area (Å²) in [5.74, 6) is 0. The van der Waals surface area contributed by atoms with Gasteiger partial charge >= 0.3 is 0 Å². The fraction of sp³-hybridized carbons (Fsp3) is 0.455. The Morgan fingerprint density at radius 2 is 2.06 bits per heavy atom. The first-order valence-corrected chi connectivity index (χ1v) is 5.22. The van der Waals surface area contributed by atoms with Gasteiger partial charge in [-0.1, -0.05) is 35.4 Å². The summed E-state index contributed by atoms with van der Waals surface area (Å²) < 4.78 is 5.27. The minimum atomic E-state index is -1.00. The van der Waals surface area contributed by atoms with Gasteiger partial charge in [0, 0.05) is 4.91 Å². The zero-order chi connectivity index (χ0) is 12.5. The summed E-state index contributed by atoms with van der Waals surface area (Å²) >= 11 is 0. The van der Waals surface area contributed by atoms with Gasteiger partial charge in [0.05, 0.1) is 32.0 Å². The van der Waals surface area contributed by atoms with E-state index in [2.05, 4.69) is 10.0 Å². The van der Waals surface area contributed by atoms with Gasteiger partial charge in [0.15, 0.2) is 0 Å². The van der Waals surface area contributed by atoms with Crippen molar-refractivity contribution in [3.05, 3.63) is 46.3 Å². The van der Waals surface area contributed by atoms with Crippen LogP contribution < -0.4 is 0 Å². The normalized spacial score (nSPS) is 13.8. The smallest absolute Gasteiger partial charge is 0.0886 e. The number of ether oxygens (including phenoxy) is 1. The number of aliphatic hydroxyl groups is 2. The molecule has 0 fully saturated rings. The Bertz CT molecular complexity index is 365. The molecule has 2 N–H and O–H groups in total. The summed E-state index contributed by atoms with van der Waals surface area (Å²) in [5.41, 5.74) is 9.21. The zero-order valence-electron chi connectivity index (χ0n) is 9.31. The van der Waals surface area contributed by atoms with Gasteiger partial charge in [-0.25, -0.2) is 0 Å².